The van der Waals surface area contributed by atoms with Crippen molar-refractivity contribution in [3.05, 3.63) is 35.9 Å². The van der Waals surface area contributed by atoms with Gasteiger partial charge < -0.3 is 4.74 Å². The molecule has 0 spiro atoms. The number of benzene rings is 1. The van der Waals surface area contributed by atoms with Crippen LogP contribution in [-0.2, 0) is 14.9 Å². The number of ether oxygens (including phenoxy) is 1. The van der Waals surface area contributed by atoms with E-state index in [1.165, 1.54) is 5.56 Å². The maximum atomic E-state index is 11.6. The van der Waals surface area contributed by atoms with E-state index in [1.54, 1.807) is 0 Å². The first-order valence-corrected chi connectivity index (χ1v) is 5.46. The molecule has 1 aromatic carbocycles. The first-order valence-electron chi connectivity index (χ1n) is 5.46. The SMILES string of the molecule is O=C1C[C@@H]2COC[C@]2(c2ccccc2)C1. The zero-order valence-electron chi connectivity index (χ0n) is 8.61. The van der Waals surface area contributed by atoms with Crippen LogP contribution >= 0.6 is 0 Å². The highest BCUT2D eigenvalue weighted by molar-refractivity contribution is 5.83. The van der Waals surface area contributed by atoms with Gasteiger partial charge in [-0.15, -0.1) is 0 Å². The monoisotopic (exact) mass is 202 g/mol. The van der Waals surface area contributed by atoms with Crippen LogP contribution in [0.4, 0.5) is 0 Å². The molecule has 2 nitrogen and oxygen atoms in total. The molecule has 0 N–H and O–H groups in total. The Morgan fingerprint density at radius 2 is 2.07 bits per heavy atom. The lowest BCUT2D eigenvalue weighted by Gasteiger charge is -2.26. The van der Waals surface area contributed by atoms with E-state index in [0.717, 1.165) is 6.61 Å². The summed E-state index contributed by atoms with van der Waals surface area (Å²) in [6.45, 7) is 1.47. The standard InChI is InChI=1S/C13H14O2/c14-12-6-11-8-15-9-13(11,7-12)10-4-2-1-3-5-10/h1-5,11H,6-9H2/t11-,13+/m1/s1. The van der Waals surface area contributed by atoms with Gasteiger partial charge in [-0.1, -0.05) is 30.3 Å². The second kappa shape index (κ2) is 3.17. The first kappa shape index (κ1) is 9.10. The third-order valence-electron chi connectivity index (χ3n) is 3.80. The molecule has 1 saturated carbocycles. The number of ketones is 1. The third kappa shape index (κ3) is 1.25. The predicted molar refractivity (Wildman–Crippen MR) is 56.7 cm³/mol. The Balaban J connectivity index is 2.05. The molecular formula is C13H14O2. The summed E-state index contributed by atoms with van der Waals surface area (Å²) < 4.78 is 5.57. The van der Waals surface area contributed by atoms with Crippen molar-refractivity contribution < 1.29 is 9.53 Å². The van der Waals surface area contributed by atoms with Crippen LogP contribution in [-0.4, -0.2) is 19.0 Å². The van der Waals surface area contributed by atoms with Crippen LogP contribution in [0.2, 0.25) is 0 Å². The van der Waals surface area contributed by atoms with Crippen LogP contribution in [0.25, 0.3) is 0 Å². The fourth-order valence-electron chi connectivity index (χ4n) is 3.00. The highest BCUT2D eigenvalue weighted by atomic mass is 16.5. The highest BCUT2D eigenvalue weighted by Gasteiger charge is 2.51. The average Bonchev–Trinajstić information content (AvgIpc) is 2.75. The number of rotatable bonds is 1. The summed E-state index contributed by atoms with van der Waals surface area (Å²) in [5.41, 5.74) is 1.27. The Morgan fingerprint density at radius 1 is 1.27 bits per heavy atom. The van der Waals surface area contributed by atoms with Crippen molar-refractivity contribution in [1.29, 1.82) is 0 Å². The number of Topliss-reactive ketones (excluding diaryl/α,β-unsaturated/α-hetero) is 1. The minimum atomic E-state index is -0.00164. The second-order valence-corrected chi connectivity index (χ2v) is 4.65. The van der Waals surface area contributed by atoms with Crippen LogP contribution in [0, 0.1) is 5.92 Å². The van der Waals surface area contributed by atoms with Gasteiger partial charge >= 0.3 is 0 Å². The summed E-state index contributed by atoms with van der Waals surface area (Å²) in [6.07, 6.45) is 1.37. The van der Waals surface area contributed by atoms with Crippen LogP contribution in [0.5, 0.6) is 0 Å². The zero-order valence-corrected chi connectivity index (χ0v) is 8.61. The second-order valence-electron chi connectivity index (χ2n) is 4.65. The molecule has 0 bridgehead atoms. The van der Waals surface area contributed by atoms with Crippen molar-refractivity contribution in [2.75, 3.05) is 13.2 Å². The molecule has 0 aromatic heterocycles. The summed E-state index contributed by atoms with van der Waals surface area (Å²) in [6, 6.07) is 10.4. The summed E-state index contributed by atoms with van der Waals surface area (Å²) >= 11 is 0. The minimum Gasteiger partial charge on any atom is -0.380 e. The van der Waals surface area contributed by atoms with Gasteiger partial charge in [-0.3, -0.25) is 4.79 Å². The molecule has 2 fully saturated rings. The smallest absolute Gasteiger partial charge is 0.134 e. The maximum Gasteiger partial charge on any atom is 0.134 e. The molecule has 1 aliphatic carbocycles. The minimum absolute atomic E-state index is 0.00164. The van der Waals surface area contributed by atoms with Crippen molar-refractivity contribution in [2.24, 2.45) is 5.92 Å². The molecule has 0 amide bonds. The molecule has 2 atom stereocenters. The van der Waals surface area contributed by atoms with Gasteiger partial charge in [0.05, 0.1) is 13.2 Å². The number of fused-ring (bicyclic) bond motifs is 1. The predicted octanol–water partition coefficient (Wildman–Crippen LogP) is 1.93. The lowest BCUT2D eigenvalue weighted by molar-refractivity contribution is -0.118. The third-order valence-corrected chi connectivity index (χ3v) is 3.80. The maximum absolute atomic E-state index is 11.6. The van der Waals surface area contributed by atoms with E-state index in [0.29, 0.717) is 31.1 Å². The molecule has 0 radical (unpaired) electrons. The Bertz CT molecular complexity index is 385. The quantitative estimate of drug-likeness (QED) is 0.695. The van der Waals surface area contributed by atoms with Gasteiger partial charge in [0.2, 0.25) is 0 Å². The molecule has 1 aliphatic heterocycles. The Hall–Kier alpha value is -1.15. The summed E-state index contributed by atoms with van der Waals surface area (Å²) in [5.74, 6) is 0.805. The first-order chi connectivity index (χ1) is 7.31. The molecule has 78 valence electrons. The molecule has 15 heavy (non-hydrogen) atoms. The normalized spacial score (nSPS) is 34.4. The molecule has 1 aromatic rings. The average molecular weight is 202 g/mol. The molecule has 1 heterocycles. The van der Waals surface area contributed by atoms with Crippen molar-refractivity contribution in [3.63, 3.8) is 0 Å². The van der Waals surface area contributed by atoms with E-state index in [2.05, 4.69) is 12.1 Å². The van der Waals surface area contributed by atoms with Crippen LogP contribution < -0.4 is 0 Å². The van der Waals surface area contributed by atoms with Crippen LogP contribution in [0.1, 0.15) is 18.4 Å². The fourth-order valence-corrected chi connectivity index (χ4v) is 3.00. The lowest BCUT2D eigenvalue weighted by Crippen LogP contribution is -2.29. The van der Waals surface area contributed by atoms with Crippen molar-refractivity contribution in [3.8, 4) is 0 Å². The van der Waals surface area contributed by atoms with Crippen LogP contribution in [0.15, 0.2) is 30.3 Å². The van der Waals surface area contributed by atoms with Gasteiger partial charge in [0.15, 0.2) is 0 Å². The van der Waals surface area contributed by atoms with Gasteiger partial charge in [-0.25, -0.2) is 0 Å². The molecule has 2 heteroatoms. The Kier molecular flexibility index (Phi) is 1.93. The van der Waals surface area contributed by atoms with Crippen molar-refractivity contribution >= 4 is 5.78 Å². The lowest BCUT2D eigenvalue weighted by atomic mass is 9.75. The Labute approximate surface area is 89.2 Å². The van der Waals surface area contributed by atoms with Gasteiger partial charge in [0, 0.05) is 24.2 Å². The number of carbonyl (C=O) groups excluding carboxylic acids is 1. The van der Waals surface area contributed by atoms with Crippen LogP contribution in [0.3, 0.4) is 0 Å². The summed E-state index contributed by atoms with van der Waals surface area (Å²) in [7, 11) is 0. The zero-order chi connectivity index (χ0) is 10.3. The van der Waals surface area contributed by atoms with E-state index in [4.69, 9.17) is 4.74 Å². The van der Waals surface area contributed by atoms with Crippen molar-refractivity contribution in [2.45, 2.75) is 18.3 Å². The molecular weight excluding hydrogens is 188 g/mol. The molecule has 3 rings (SSSR count). The van der Waals surface area contributed by atoms with Gasteiger partial charge in [0.25, 0.3) is 0 Å². The highest BCUT2D eigenvalue weighted by Crippen LogP contribution is 2.47. The summed E-state index contributed by atoms with van der Waals surface area (Å²) in [5, 5.41) is 0. The molecule has 0 unspecified atom stereocenters. The molecule has 2 aliphatic rings. The van der Waals surface area contributed by atoms with E-state index in [-0.39, 0.29) is 5.41 Å². The Morgan fingerprint density at radius 3 is 2.87 bits per heavy atom. The van der Waals surface area contributed by atoms with E-state index in [9.17, 15) is 4.79 Å². The fraction of sp³-hybridized carbons (Fsp3) is 0.462. The van der Waals surface area contributed by atoms with E-state index < -0.39 is 0 Å². The van der Waals surface area contributed by atoms with E-state index >= 15 is 0 Å². The van der Waals surface area contributed by atoms with Gasteiger partial charge in [-0.05, 0) is 5.56 Å². The van der Waals surface area contributed by atoms with E-state index in [1.807, 2.05) is 18.2 Å². The topological polar surface area (TPSA) is 26.3 Å². The summed E-state index contributed by atoms with van der Waals surface area (Å²) in [4.78, 5) is 11.6. The van der Waals surface area contributed by atoms with Gasteiger partial charge in [-0.2, -0.15) is 0 Å². The number of carbonyl (C=O) groups is 1. The van der Waals surface area contributed by atoms with Crippen molar-refractivity contribution in [1.82, 2.24) is 0 Å². The largest absolute Gasteiger partial charge is 0.380 e. The number of hydrogen-bond donors (Lipinski definition) is 0. The number of hydrogen-bond acceptors (Lipinski definition) is 2. The molecule has 1 saturated heterocycles. The van der Waals surface area contributed by atoms with Gasteiger partial charge in [0.1, 0.15) is 5.78 Å².